The van der Waals surface area contributed by atoms with Gasteiger partial charge in [0.25, 0.3) is 0 Å². The van der Waals surface area contributed by atoms with Crippen LogP contribution in [0.5, 0.6) is 0 Å². The molecule has 0 N–H and O–H groups in total. The maximum atomic E-state index is 12.8. The maximum absolute atomic E-state index is 12.8. The number of esters is 1. The number of allylic oxidation sites excluding steroid dienone is 4. The van der Waals surface area contributed by atoms with E-state index >= 15 is 0 Å². The molecular weight excluding hydrogens is 667 g/mol. The highest BCUT2D eigenvalue weighted by Crippen LogP contribution is 2.13. The van der Waals surface area contributed by atoms with E-state index in [0.717, 1.165) is 65.0 Å². The summed E-state index contributed by atoms with van der Waals surface area (Å²) in [5.41, 5.74) is 0. The Morgan fingerprint density at radius 2 is 0.778 bits per heavy atom. The van der Waals surface area contributed by atoms with Crippen LogP contribution in [0, 0.1) is 0 Å². The summed E-state index contributed by atoms with van der Waals surface area (Å²) in [5.74, 6) is -0.116. The molecule has 0 fully saturated rings. The smallest absolute Gasteiger partial charge is 0.306 e. The Morgan fingerprint density at radius 1 is 0.426 bits per heavy atom. The first kappa shape index (κ1) is 52.8. The van der Waals surface area contributed by atoms with Gasteiger partial charge in [0.05, 0.1) is 13.2 Å². The molecule has 0 aromatic heterocycles. The van der Waals surface area contributed by atoms with Crippen molar-refractivity contribution in [3.63, 3.8) is 0 Å². The number of hydrogen-bond donors (Lipinski definition) is 0. The second-order valence-electron chi connectivity index (χ2n) is 16.1. The Bertz CT molecular complexity index is 732. The van der Waals surface area contributed by atoms with E-state index < -0.39 is 0 Å². The lowest BCUT2D eigenvalue weighted by atomic mass is 10.1. The van der Waals surface area contributed by atoms with Crippen LogP contribution < -0.4 is 0 Å². The van der Waals surface area contributed by atoms with E-state index in [1.807, 2.05) is 0 Å². The van der Waals surface area contributed by atoms with Crippen LogP contribution >= 0.6 is 0 Å². The zero-order valence-corrected chi connectivity index (χ0v) is 37.0. The SMILES string of the molecule is CCCCCCCCC=CCCCCCCCCOCC(COCCCCCCCCC=CCCCCCCCC)OC(=O)CCCN(CCC)CCC. The largest absolute Gasteiger partial charge is 0.457 e. The molecule has 0 rings (SSSR count). The zero-order valence-electron chi connectivity index (χ0n) is 37.0. The molecule has 0 aliphatic rings. The second-order valence-corrected chi connectivity index (χ2v) is 16.1. The van der Waals surface area contributed by atoms with Gasteiger partial charge in [0.1, 0.15) is 6.10 Å². The van der Waals surface area contributed by atoms with Crippen molar-refractivity contribution in [1.29, 1.82) is 0 Å². The number of nitrogens with zero attached hydrogens (tertiary/aromatic N) is 1. The minimum atomic E-state index is -0.317. The molecule has 0 atom stereocenters. The third kappa shape index (κ3) is 42.0. The molecule has 5 nitrogen and oxygen atoms in total. The van der Waals surface area contributed by atoms with Crippen LogP contribution in [-0.4, -0.2) is 63.0 Å². The first-order chi connectivity index (χ1) is 26.7. The third-order valence-corrected chi connectivity index (χ3v) is 10.4. The maximum Gasteiger partial charge on any atom is 0.306 e. The first-order valence-electron chi connectivity index (χ1n) is 24.0. The fourth-order valence-corrected chi connectivity index (χ4v) is 7.11. The molecule has 54 heavy (non-hydrogen) atoms. The number of unbranched alkanes of at least 4 members (excludes halogenated alkanes) is 24. The van der Waals surface area contributed by atoms with E-state index in [-0.39, 0.29) is 12.1 Å². The number of ether oxygens (including phenoxy) is 3. The lowest BCUT2D eigenvalue weighted by Crippen LogP contribution is -2.30. The molecule has 0 unspecified atom stereocenters. The van der Waals surface area contributed by atoms with Gasteiger partial charge < -0.3 is 19.1 Å². The number of hydrogen-bond acceptors (Lipinski definition) is 5. The van der Waals surface area contributed by atoms with Gasteiger partial charge in [0, 0.05) is 19.6 Å². The molecular formula is C49H95NO4. The second kappa shape index (κ2) is 46.2. The Morgan fingerprint density at radius 3 is 1.15 bits per heavy atom. The molecule has 0 radical (unpaired) electrons. The quantitative estimate of drug-likeness (QED) is 0.0351. The first-order valence-corrected chi connectivity index (χ1v) is 24.0. The Hall–Kier alpha value is -1.17. The molecule has 0 saturated heterocycles. The summed E-state index contributed by atoms with van der Waals surface area (Å²) in [6.45, 7) is 14.5. The summed E-state index contributed by atoms with van der Waals surface area (Å²) < 4.78 is 18.0. The normalized spacial score (nSPS) is 12.5. The predicted octanol–water partition coefficient (Wildman–Crippen LogP) is 14.9. The fraction of sp³-hybridized carbons (Fsp3) is 0.898. The van der Waals surface area contributed by atoms with Gasteiger partial charge in [-0.1, -0.05) is 168 Å². The van der Waals surface area contributed by atoms with E-state index in [9.17, 15) is 4.79 Å². The molecule has 0 aromatic carbocycles. The van der Waals surface area contributed by atoms with Gasteiger partial charge in [-0.2, -0.15) is 0 Å². The van der Waals surface area contributed by atoms with E-state index in [1.165, 1.54) is 167 Å². The highest BCUT2D eigenvalue weighted by atomic mass is 16.6. The molecule has 0 aromatic rings. The van der Waals surface area contributed by atoms with E-state index in [4.69, 9.17) is 14.2 Å². The van der Waals surface area contributed by atoms with Crippen molar-refractivity contribution in [2.24, 2.45) is 0 Å². The zero-order chi connectivity index (χ0) is 39.3. The summed E-state index contributed by atoms with van der Waals surface area (Å²) in [6, 6.07) is 0. The molecule has 0 aliphatic heterocycles. The van der Waals surface area contributed by atoms with Gasteiger partial charge >= 0.3 is 5.97 Å². The van der Waals surface area contributed by atoms with Gasteiger partial charge in [-0.15, -0.1) is 0 Å². The topological polar surface area (TPSA) is 48.0 Å². The molecule has 0 saturated carbocycles. The van der Waals surface area contributed by atoms with Crippen LogP contribution in [0.4, 0.5) is 0 Å². The average molecular weight is 762 g/mol. The standard InChI is InChI=1S/C49H95NO4/c1-5-9-11-13-15-17-19-21-23-25-27-29-31-33-35-37-44-52-46-48(54-49(51)40-39-43-50(41-7-3)42-8-4)47-53-45-38-36-34-32-30-28-26-24-22-20-18-16-14-12-10-6-2/h21-24,48H,5-20,25-47H2,1-4H3. The van der Waals surface area contributed by atoms with Crippen molar-refractivity contribution >= 4 is 5.97 Å². The van der Waals surface area contributed by atoms with Crippen LogP contribution in [-0.2, 0) is 19.0 Å². The molecule has 0 spiro atoms. The Balaban J connectivity index is 4.12. The van der Waals surface area contributed by atoms with Crippen molar-refractivity contribution < 1.29 is 19.0 Å². The minimum absolute atomic E-state index is 0.116. The summed E-state index contributed by atoms with van der Waals surface area (Å²) >= 11 is 0. The molecule has 0 aliphatic carbocycles. The number of carbonyl (C=O) groups excluding carboxylic acids is 1. The number of carbonyl (C=O) groups is 1. The van der Waals surface area contributed by atoms with Gasteiger partial charge in [0.15, 0.2) is 0 Å². The lowest BCUT2D eigenvalue weighted by Gasteiger charge is -2.21. The average Bonchev–Trinajstić information content (AvgIpc) is 3.17. The molecule has 5 heteroatoms. The third-order valence-electron chi connectivity index (χ3n) is 10.4. The minimum Gasteiger partial charge on any atom is -0.457 e. The van der Waals surface area contributed by atoms with E-state index in [1.54, 1.807) is 0 Å². The van der Waals surface area contributed by atoms with Gasteiger partial charge in [0.2, 0.25) is 0 Å². The lowest BCUT2D eigenvalue weighted by molar-refractivity contribution is -0.156. The van der Waals surface area contributed by atoms with Gasteiger partial charge in [-0.05, 0) is 103 Å². The van der Waals surface area contributed by atoms with Crippen molar-refractivity contribution in [3.8, 4) is 0 Å². The summed E-state index contributed by atoms with van der Waals surface area (Å²) in [6.07, 6.45) is 49.4. The van der Waals surface area contributed by atoms with Crippen molar-refractivity contribution in [2.75, 3.05) is 46.1 Å². The highest BCUT2D eigenvalue weighted by molar-refractivity contribution is 5.69. The van der Waals surface area contributed by atoms with E-state index in [2.05, 4.69) is 56.9 Å². The van der Waals surface area contributed by atoms with Crippen molar-refractivity contribution in [2.45, 2.75) is 239 Å². The highest BCUT2D eigenvalue weighted by Gasteiger charge is 2.16. The van der Waals surface area contributed by atoms with Crippen LogP contribution in [0.3, 0.4) is 0 Å². The fourth-order valence-electron chi connectivity index (χ4n) is 7.11. The van der Waals surface area contributed by atoms with E-state index in [0.29, 0.717) is 19.6 Å². The Kier molecular flexibility index (Phi) is 45.2. The molecule has 0 amide bonds. The van der Waals surface area contributed by atoms with Crippen LogP contribution in [0.15, 0.2) is 24.3 Å². The van der Waals surface area contributed by atoms with Crippen LogP contribution in [0.2, 0.25) is 0 Å². The van der Waals surface area contributed by atoms with Crippen molar-refractivity contribution in [3.05, 3.63) is 24.3 Å². The van der Waals surface area contributed by atoms with Gasteiger partial charge in [-0.25, -0.2) is 0 Å². The summed E-state index contributed by atoms with van der Waals surface area (Å²) in [7, 11) is 0. The molecule has 0 bridgehead atoms. The summed E-state index contributed by atoms with van der Waals surface area (Å²) in [4.78, 5) is 15.2. The van der Waals surface area contributed by atoms with Gasteiger partial charge in [-0.3, -0.25) is 4.79 Å². The molecule has 320 valence electrons. The van der Waals surface area contributed by atoms with Crippen LogP contribution in [0.25, 0.3) is 0 Å². The summed E-state index contributed by atoms with van der Waals surface area (Å²) in [5, 5.41) is 0. The number of rotatable bonds is 45. The molecule has 0 heterocycles. The predicted molar refractivity (Wildman–Crippen MR) is 237 cm³/mol. The van der Waals surface area contributed by atoms with Crippen LogP contribution in [0.1, 0.15) is 233 Å². The van der Waals surface area contributed by atoms with Crippen molar-refractivity contribution in [1.82, 2.24) is 4.90 Å². The monoisotopic (exact) mass is 762 g/mol. The Labute approximate surface area is 338 Å².